The van der Waals surface area contributed by atoms with E-state index in [1.165, 1.54) is 32.4 Å². The third-order valence-corrected chi connectivity index (χ3v) is 3.09. The summed E-state index contributed by atoms with van der Waals surface area (Å²) in [5.74, 6) is -1.04. The molecule has 0 saturated carbocycles. The Balaban J connectivity index is 2.22. The number of carbonyl (C=O) groups is 3. The molecule has 0 atom stereocenters. The molecule has 0 saturated heterocycles. The van der Waals surface area contributed by atoms with E-state index in [1.54, 1.807) is 0 Å². The molecule has 0 aromatic carbocycles. The largest absolute Gasteiger partial charge is 0.495 e. The van der Waals surface area contributed by atoms with Gasteiger partial charge >= 0.3 is 0 Å². The molecule has 2 aromatic rings. The van der Waals surface area contributed by atoms with Crippen LogP contribution in [-0.2, 0) is 0 Å². The zero-order valence-corrected chi connectivity index (χ0v) is 10.7. The number of ether oxygens (including phenoxy) is 1. The molecule has 1 aliphatic rings. The van der Waals surface area contributed by atoms with Crippen LogP contribution < -0.4 is 4.74 Å². The van der Waals surface area contributed by atoms with Crippen molar-refractivity contribution in [2.45, 2.75) is 6.92 Å². The van der Waals surface area contributed by atoms with Gasteiger partial charge in [0, 0.05) is 6.92 Å². The monoisotopic (exact) mass is 271 g/mol. The maximum Gasteiger partial charge on any atom is 0.248 e. The molecule has 0 bridgehead atoms. The van der Waals surface area contributed by atoms with E-state index < -0.39 is 11.6 Å². The van der Waals surface area contributed by atoms with E-state index in [2.05, 4.69) is 4.98 Å². The first-order chi connectivity index (χ1) is 9.52. The lowest BCUT2D eigenvalue weighted by Crippen LogP contribution is -2.20. The van der Waals surface area contributed by atoms with Gasteiger partial charge in [0.2, 0.25) is 5.78 Å². The molecule has 0 unspecified atom stereocenters. The number of nitrogens with zero attached hydrogens (tertiary/aromatic N) is 1. The summed E-state index contributed by atoms with van der Waals surface area (Å²) in [5, 5.41) is 0. The summed E-state index contributed by atoms with van der Waals surface area (Å²) in [6, 6.07) is 2.74. The van der Waals surface area contributed by atoms with Gasteiger partial charge in [-0.15, -0.1) is 0 Å². The maximum atomic E-state index is 12.3. The Bertz CT molecular complexity index is 772. The van der Waals surface area contributed by atoms with E-state index in [4.69, 9.17) is 9.15 Å². The molecule has 0 aliphatic heterocycles. The van der Waals surface area contributed by atoms with Crippen LogP contribution >= 0.6 is 0 Å². The van der Waals surface area contributed by atoms with Crippen LogP contribution in [0.15, 0.2) is 22.7 Å². The first kappa shape index (κ1) is 12.3. The second-order valence-corrected chi connectivity index (χ2v) is 4.34. The predicted octanol–water partition coefficient (Wildman–Crippen LogP) is 1.66. The number of aromatic nitrogens is 1. The quantitative estimate of drug-likeness (QED) is 0.659. The lowest BCUT2D eigenvalue weighted by atomic mass is 9.92. The predicted molar refractivity (Wildman–Crippen MR) is 66.4 cm³/mol. The minimum Gasteiger partial charge on any atom is -0.495 e. The summed E-state index contributed by atoms with van der Waals surface area (Å²) < 4.78 is 10.2. The molecular weight excluding hydrogens is 262 g/mol. The molecule has 20 heavy (non-hydrogen) atoms. The fourth-order valence-corrected chi connectivity index (χ4v) is 2.07. The highest BCUT2D eigenvalue weighted by Gasteiger charge is 2.35. The molecule has 0 spiro atoms. The summed E-state index contributed by atoms with van der Waals surface area (Å²) in [6.07, 6.45) is 1.35. The Labute approximate surface area is 113 Å². The minimum absolute atomic E-state index is 0.00718. The third kappa shape index (κ3) is 1.58. The van der Waals surface area contributed by atoms with Gasteiger partial charge in [0.15, 0.2) is 23.1 Å². The second-order valence-electron chi connectivity index (χ2n) is 4.34. The highest BCUT2D eigenvalue weighted by molar-refractivity contribution is 6.27. The lowest BCUT2D eigenvalue weighted by Gasteiger charge is -2.12. The number of fused-ring (bicyclic) bond motifs is 2. The lowest BCUT2D eigenvalue weighted by molar-refractivity contribution is 0.0943. The van der Waals surface area contributed by atoms with E-state index in [0.29, 0.717) is 5.75 Å². The third-order valence-electron chi connectivity index (χ3n) is 3.09. The Morgan fingerprint density at radius 1 is 1.20 bits per heavy atom. The number of hydrogen-bond acceptors (Lipinski definition) is 6. The smallest absolute Gasteiger partial charge is 0.248 e. The van der Waals surface area contributed by atoms with Gasteiger partial charge in [0.1, 0.15) is 11.4 Å². The Hall–Kier alpha value is -2.76. The first-order valence-corrected chi connectivity index (χ1v) is 5.81. The van der Waals surface area contributed by atoms with E-state index >= 15 is 0 Å². The number of methoxy groups -OCH3 is 1. The van der Waals surface area contributed by atoms with Gasteiger partial charge < -0.3 is 9.15 Å². The van der Waals surface area contributed by atoms with Crippen molar-refractivity contribution in [1.29, 1.82) is 0 Å². The topological polar surface area (TPSA) is 86.5 Å². The fourth-order valence-electron chi connectivity index (χ4n) is 2.07. The summed E-state index contributed by atoms with van der Waals surface area (Å²) in [4.78, 5) is 39.8. The van der Waals surface area contributed by atoms with Crippen molar-refractivity contribution < 1.29 is 23.5 Å². The van der Waals surface area contributed by atoms with Gasteiger partial charge in [-0.3, -0.25) is 14.4 Å². The number of pyridine rings is 1. The number of Topliss-reactive ketones (excluding diaryl/α,β-unsaturated/α-hetero) is 1. The van der Waals surface area contributed by atoms with Crippen molar-refractivity contribution in [2.24, 2.45) is 0 Å². The van der Waals surface area contributed by atoms with Crippen molar-refractivity contribution in [1.82, 2.24) is 4.98 Å². The van der Waals surface area contributed by atoms with Crippen LogP contribution in [0, 0.1) is 0 Å². The normalized spacial score (nSPS) is 12.9. The molecule has 0 fully saturated rings. The van der Waals surface area contributed by atoms with Gasteiger partial charge in [0.05, 0.1) is 24.4 Å². The van der Waals surface area contributed by atoms with Crippen molar-refractivity contribution >= 4 is 17.3 Å². The van der Waals surface area contributed by atoms with Gasteiger partial charge in [-0.1, -0.05) is 0 Å². The van der Waals surface area contributed by atoms with Crippen LogP contribution in [-0.4, -0.2) is 29.4 Å². The van der Waals surface area contributed by atoms with Crippen LogP contribution in [0.3, 0.4) is 0 Å². The molecule has 2 heterocycles. The maximum absolute atomic E-state index is 12.3. The standard InChI is InChI=1S/C14H9NO5/c1-6(16)10-4-9-12(17)8-3-7(19-2)5-15-11(8)13(18)14(9)20-10/h3-5H,1-2H3. The SMILES string of the molecule is COc1cnc2c(c1)C(=O)c1cc(C(C)=O)oc1C2=O. The average molecular weight is 271 g/mol. The zero-order chi connectivity index (χ0) is 14.4. The van der Waals surface area contributed by atoms with Gasteiger partial charge in [-0.2, -0.15) is 0 Å². The van der Waals surface area contributed by atoms with Crippen molar-refractivity contribution in [3.8, 4) is 5.75 Å². The Kier molecular flexibility index (Phi) is 2.53. The van der Waals surface area contributed by atoms with E-state index in [9.17, 15) is 14.4 Å². The zero-order valence-electron chi connectivity index (χ0n) is 10.7. The van der Waals surface area contributed by atoms with E-state index in [1.807, 2.05) is 0 Å². The number of hydrogen-bond donors (Lipinski definition) is 0. The molecule has 0 amide bonds. The molecule has 100 valence electrons. The summed E-state index contributed by atoms with van der Waals surface area (Å²) in [6.45, 7) is 1.30. The number of rotatable bonds is 2. The molecular formula is C14H9NO5. The molecule has 6 nitrogen and oxygen atoms in total. The molecule has 1 aliphatic carbocycles. The van der Waals surface area contributed by atoms with Crippen LogP contribution in [0.5, 0.6) is 5.75 Å². The van der Waals surface area contributed by atoms with Crippen molar-refractivity contribution in [3.63, 3.8) is 0 Å². The minimum atomic E-state index is -0.509. The summed E-state index contributed by atoms with van der Waals surface area (Å²) in [7, 11) is 1.44. The summed E-state index contributed by atoms with van der Waals surface area (Å²) >= 11 is 0. The molecule has 2 aromatic heterocycles. The number of furan rings is 1. The number of ketones is 3. The second kappa shape index (κ2) is 4.12. The van der Waals surface area contributed by atoms with Crippen molar-refractivity contribution in [2.75, 3.05) is 7.11 Å². The van der Waals surface area contributed by atoms with Crippen LogP contribution in [0.4, 0.5) is 0 Å². The summed E-state index contributed by atoms with van der Waals surface area (Å²) in [5.41, 5.74) is 0.244. The molecule has 6 heteroatoms. The van der Waals surface area contributed by atoms with Gasteiger partial charge in [-0.25, -0.2) is 4.98 Å². The van der Waals surface area contributed by atoms with Crippen LogP contribution in [0.2, 0.25) is 0 Å². The van der Waals surface area contributed by atoms with Gasteiger partial charge in [-0.05, 0) is 12.1 Å². The average Bonchev–Trinajstić information content (AvgIpc) is 2.90. The van der Waals surface area contributed by atoms with Crippen LogP contribution in [0.1, 0.15) is 49.6 Å². The van der Waals surface area contributed by atoms with Crippen LogP contribution in [0.25, 0.3) is 0 Å². The van der Waals surface area contributed by atoms with Gasteiger partial charge in [0.25, 0.3) is 0 Å². The molecule has 0 radical (unpaired) electrons. The van der Waals surface area contributed by atoms with E-state index in [-0.39, 0.29) is 34.1 Å². The van der Waals surface area contributed by atoms with Crippen molar-refractivity contribution in [3.05, 3.63) is 46.7 Å². The Morgan fingerprint density at radius 3 is 2.60 bits per heavy atom. The highest BCUT2D eigenvalue weighted by Crippen LogP contribution is 2.30. The highest BCUT2D eigenvalue weighted by atomic mass is 16.5. The first-order valence-electron chi connectivity index (χ1n) is 5.81. The fraction of sp³-hybridized carbons (Fsp3) is 0.143. The van der Waals surface area contributed by atoms with E-state index in [0.717, 1.165) is 0 Å². The molecule has 3 rings (SSSR count). The molecule has 0 N–H and O–H groups in total. The number of carbonyl (C=O) groups excluding carboxylic acids is 3. The Morgan fingerprint density at radius 2 is 1.95 bits per heavy atom.